The summed E-state index contributed by atoms with van der Waals surface area (Å²) in [7, 11) is -3.84. The minimum Gasteiger partial charge on any atom is -0.350 e. The lowest BCUT2D eigenvalue weighted by atomic mass is 10.1. The summed E-state index contributed by atoms with van der Waals surface area (Å²) in [6.45, 7) is 2.96. The molecule has 0 heterocycles. The number of hydrogen-bond donors (Lipinski definition) is 1. The van der Waals surface area contributed by atoms with Crippen LogP contribution in [0.4, 0.5) is 18.9 Å². The van der Waals surface area contributed by atoms with Crippen LogP contribution >= 0.6 is 11.6 Å². The predicted molar refractivity (Wildman–Crippen MR) is 106 cm³/mol. The second kappa shape index (κ2) is 8.62. The minimum atomic E-state index is -4.49. The lowest BCUT2D eigenvalue weighted by Crippen LogP contribution is -2.47. The molecule has 0 radical (unpaired) electrons. The molecular weight excluding hydrogens is 429 g/mol. The van der Waals surface area contributed by atoms with Crippen LogP contribution < -0.4 is 9.62 Å². The van der Waals surface area contributed by atoms with Crippen LogP contribution in [0.5, 0.6) is 0 Å². The summed E-state index contributed by atoms with van der Waals surface area (Å²) >= 11 is 6.07. The van der Waals surface area contributed by atoms with Gasteiger partial charge in [0.1, 0.15) is 6.04 Å². The number of nitrogens with zero attached hydrogens (tertiary/aromatic N) is 1. The Morgan fingerprint density at radius 3 is 2.41 bits per heavy atom. The maximum atomic E-state index is 12.8. The van der Waals surface area contributed by atoms with Crippen LogP contribution in [0.3, 0.4) is 0 Å². The van der Waals surface area contributed by atoms with E-state index >= 15 is 0 Å². The third-order valence-electron chi connectivity index (χ3n) is 4.22. The van der Waals surface area contributed by atoms with E-state index in [1.54, 1.807) is 13.0 Å². The van der Waals surface area contributed by atoms with E-state index in [0.717, 1.165) is 28.3 Å². The number of aryl methyl sites for hydroxylation is 1. The van der Waals surface area contributed by atoms with Crippen molar-refractivity contribution in [3.05, 3.63) is 64.2 Å². The number of nitrogens with one attached hydrogen (secondary N) is 1. The number of sulfonamides is 1. The van der Waals surface area contributed by atoms with Crippen molar-refractivity contribution in [2.75, 3.05) is 10.6 Å². The van der Waals surface area contributed by atoms with E-state index in [2.05, 4.69) is 5.32 Å². The number of anilines is 1. The highest BCUT2D eigenvalue weighted by Gasteiger charge is 2.31. The van der Waals surface area contributed by atoms with Crippen LogP contribution in [0.25, 0.3) is 0 Å². The van der Waals surface area contributed by atoms with Crippen LogP contribution in [-0.4, -0.2) is 26.6 Å². The third kappa shape index (κ3) is 5.86. The van der Waals surface area contributed by atoms with E-state index in [0.29, 0.717) is 5.02 Å². The quantitative estimate of drug-likeness (QED) is 0.722. The maximum absolute atomic E-state index is 12.8. The molecule has 5 nitrogen and oxygen atoms in total. The first-order chi connectivity index (χ1) is 13.3. The van der Waals surface area contributed by atoms with Crippen molar-refractivity contribution in [1.82, 2.24) is 5.32 Å². The Balaban J connectivity index is 2.21. The molecule has 1 N–H and O–H groups in total. The third-order valence-corrected chi connectivity index (χ3v) is 5.87. The summed E-state index contributed by atoms with van der Waals surface area (Å²) in [6.07, 6.45) is -3.54. The number of rotatable bonds is 6. The van der Waals surface area contributed by atoms with Gasteiger partial charge in [-0.05, 0) is 49.2 Å². The Hall–Kier alpha value is -2.26. The Kier molecular flexibility index (Phi) is 6.85. The smallest absolute Gasteiger partial charge is 0.350 e. The molecule has 0 fully saturated rings. The second-order valence-electron chi connectivity index (χ2n) is 6.58. The van der Waals surface area contributed by atoms with Crippen molar-refractivity contribution in [2.45, 2.75) is 32.6 Å². The van der Waals surface area contributed by atoms with Gasteiger partial charge in [-0.3, -0.25) is 9.10 Å². The van der Waals surface area contributed by atoms with Gasteiger partial charge in [-0.1, -0.05) is 29.8 Å². The van der Waals surface area contributed by atoms with Crippen LogP contribution in [0.15, 0.2) is 42.5 Å². The molecule has 0 bridgehead atoms. The van der Waals surface area contributed by atoms with Gasteiger partial charge in [-0.2, -0.15) is 13.2 Å². The zero-order valence-corrected chi connectivity index (χ0v) is 17.5. The van der Waals surface area contributed by atoms with Gasteiger partial charge in [0.05, 0.1) is 17.5 Å². The number of amides is 1. The molecule has 0 aliphatic carbocycles. The van der Waals surface area contributed by atoms with Crippen molar-refractivity contribution in [3.63, 3.8) is 0 Å². The highest BCUT2D eigenvalue weighted by Crippen LogP contribution is 2.30. The molecule has 2 aromatic rings. The average molecular weight is 449 g/mol. The van der Waals surface area contributed by atoms with Gasteiger partial charge in [0.15, 0.2) is 0 Å². The Labute approximate surface area is 172 Å². The molecular formula is C19H20ClF3N2O3S. The lowest BCUT2D eigenvalue weighted by Gasteiger charge is -2.28. The standard InChI is InChI=1S/C19H20ClF3N2O3S/c1-12-7-8-16(10-17(12)20)25(29(3,27)28)13(2)18(26)24-11-14-5-4-6-15(9-14)19(21,22)23/h4-10,13H,11H2,1-3H3,(H,24,26). The fraction of sp³-hybridized carbons (Fsp3) is 0.316. The summed E-state index contributed by atoms with van der Waals surface area (Å²) in [4.78, 5) is 12.5. The first-order valence-corrected chi connectivity index (χ1v) is 10.7. The van der Waals surface area contributed by atoms with Crippen molar-refractivity contribution in [1.29, 1.82) is 0 Å². The van der Waals surface area contributed by atoms with Crippen molar-refractivity contribution in [2.24, 2.45) is 0 Å². The fourth-order valence-electron chi connectivity index (χ4n) is 2.72. The molecule has 0 spiro atoms. The van der Waals surface area contributed by atoms with Gasteiger partial charge in [0.25, 0.3) is 0 Å². The first kappa shape index (κ1) is 23.0. The molecule has 1 amide bonds. The van der Waals surface area contributed by atoms with Crippen LogP contribution in [0, 0.1) is 6.92 Å². The van der Waals surface area contributed by atoms with Crippen LogP contribution in [-0.2, 0) is 27.5 Å². The first-order valence-electron chi connectivity index (χ1n) is 8.50. The summed E-state index contributed by atoms with van der Waals surface area (Å²) in [5.41, 5.74) is 0.365. The van der Waals surface area contributed by atoms with Gasteiger partial charge >= 0.3 is 6.18 Å². The zero-order chi connectivity index (χ0) is 22.0. The molecule has 0 aliphatic heterocycles. The molecule has 0 aromatic heterocycles. The van der Waals surface area contributed by atoms with Crippen molar-refractivity contribution >= 4 is 33.2 Å². The molecule has 10 heteroatoms. The lowest BCUT2D eigenvalue weighted by molar-refractivity contribution is -0.137. The van der Waals surface area contributed by atoms with E-state index in [4.69, 9.17) is 11.6 Å². The Morgan fingerprint density at radius 1 is 1.21 bits per heavy atom. The van der Waals surface area contributed by atoms with Gasteiger partial charge < -0.3 is 5.32 Å². The van der Waals surface area contributed by atoms with E-state index in [-0.39, 0.29) is 17.8 Å². The summed E-state index contributed by atoms with van der Waals surface area (Å²) < 4.78 is 63.9. The fourth-order valence-corrected chi connectivity index (χ4v) is 4.06. The van der Waals surface area contributed by atoms with Gasteiger partial charge in [-0.25, -0.2) is 8.42 Å². The number of alkyl halides is 3. The van der Waals surface area contributed by atoms with Crippen molar-refractivity contribution in [3.8, 4) is 0 Å². The minimum absolute atomic E-state index is 0.181. The number of halogens is 4. The van der Waals surface area contributed by atoms with E-state index in [1.165, 1.54) is 31.2 Å². The summed E-state index contributed by atoms with van der Waals surface area (Å²) in [6, 6.07) is 7.99. The zero-order valence-electron chi connectivity index (χ0n) is 15.9. The van der Waals surface area contributed by atoms with Crippen LogP contribution in [0.1, 0.15) is 23.6 Å². The van der Waals surface area contributed by atoms with Crippen molar-refractivity contribution < 1.29 is 26.4 Å². The number of benzene rings is 2. The molecule has 1 unspecified atom stereocenters. The van der Waals surface area contributed by atoms with Gasteiger partial charge in [0.2, 0.25) is 15.9 Å². The number of carbonyl (C=O) groups is 1. The van der Waals surface area contributed by atoms with E-state index < -0.39 is 33.7 Å². The Bertz CT molecular complexity index is 1010. The average Bonchev–Trinajstić information content (AvgIpc) is 2.61. The number of hydrogen-bond acceptors (Lipinski definition) is 3. The van der Waals surface area contributed by atoms with Gasteiger partial charge in [0, 0.05) is 11.6 Å². The topological polar surface area (TPSA) is 66.5 Å². The molecule has 1 atom stereocenters. The molecule has 2 rings (SSSR count). The van der Waals surface area contributed by atoms with Gasteiger partial charge in [-0.15, -0.1) is 0 Å². The Morgan fingerprint density at radius 2 is 1.86 bits per heavy atom. The largest absolute Gasteiger partial charge is 0.416 e. The molecule has 0 saturated heterocycles. The summed E-state index contributed by atoms with van der Waals surface area (Å²) in [5.74, 6) is -0.662. The molecule has 29 heavy (non-hydrogen) atoms. The molecule has 158 valence electrons. The second-order valence-corrected chi connectivity index (χ2v) is 8.85. The highest BCUT2D eigenvalue weighted by atomic mass is 35.5. The number of carbonyl (C=O) groups excluding carboxylic acids is 1. The summed E-state index contributed by atoms with van der Waals surface area (Å²) in [5, 5.41) is 2.82. The van der Waals surface area contributed by atoms with E-state index in [9.17, 15) is 26.4 Å². The maximum Gasteiger partial charge on any atom is 0.416 e. The molecule has 2 aromatic carbocycles. The normalized spacial score (nSPS) is 13.1. The predicted octanol–water partition coefficient (Wildman–Crippen LogP) is 4.14. The SMILES string of the molecule is Cc1ccc(N(C(C)C(=O)NCc2cccc(C(F)(F)F)c2)S(C)(=O)=O)cc1Cl. The van der Waals surface area contributed by atoms with Crippen LogP contribution in [0.2, 0.25) is 5.02 Å². The molecule has 0 saturated carbocycles. The van der Waals surface area contributed by atoms with E-state index in [1.807, 2.05) is 0 Å². The molecule has 0 aliphatic rings. The monoisotopic (exact) mass is 448 g/mol. The highest BCUT2D eigenvalue weighted by molar-refractivity contribution is 7.92.